The molecule has 37 heavy (non-hydrogen) atoms. The minimum atomic E-state index is -0.344. The summed E-state index contributed by atoms with van der Waals surface area (Å²) >= 11 is 1.89. The van der Waals surface area contributed by atoms with E-state index >= 15 is 0 Å². The molecule has 0 saturated heterocycles. The Bertz CT molecular complexity index is 1550. The number of para-hydroxylation sites is 1. The fourth-order valence-corrected chi connectivity index (χ4v) is 8.36. The molecule has 1 aliphatic carbocycles. The number of phenols is 1. The summed E-state index contributed by atoms with van der Waals surface area (Å²) < 4.78 is 5.96. The zero-order valence-electron chi connectivity index (χ0n) is 21.5. The number of phenolic OH excluding ortho intramolecular Hbond substituents is 1. The van der Waals surface area contributed by atoms with E-state index in [2.05, 4.69) is 76.0 Å². The van der Waals surface area contributed by atoms with Crippen molar-refractivity contribution >= 4 is 27.7 Å². The van der Waals surface area contributed by atoms with Gasteiger partial charge in [0.25, 0.3) is 0 Å². The van der Waals surface area contributed by atoms with Crippen LogP contribution in [0.15, 0.2) is 77.8 Å². The van der Waals surface area contributed by atoms with Crippen molar-refractivity contribution in [2.75, 3.05) is 0 Å². The molecule has 0 unspecified atom stereocenters. The van der Waals surface area contributed by atoms with Gasteiger partial charge in [-0.05, 0) is 36.1 Å². The Kier molecular flexibility index (Phi) is 6.32. The zero-order chi connectivity index (χ0) is 25.3. The normalized spacial score (nSPS) is 23.4. The molecule has 3 aromatic carbocycles. The summed E-state index contributed by atoms with van der Waals surface area (Å²) in [7, 11) is 0. The second kappa shape index (κ2) is 8.99. The number of aliphatic imine (C=N–C) groups is 1. The van der Waals surface area contributed by atoms with Crippen LogP contribution in [0, 0.1) is 12.0 Å². The van der Waals surface area contributed by atoms with Gasteiger partial charge in [0.1, 0.15) is 11.3 Å². The summed E-state index contributed by atoms with van der Waals surface area (Å²) in [6.07, 6.45) is 0. The van der Waals surface area contributed by atoms with Gasteiger partial charge in [0.05, 0.1) is 10.3 Å². The quantitative estimate of drug-likeness (QED) is 0.224. The maximum absolute atomic E-state index is 10.2. The van der Waals surface area contributed by atoms with E-state index in [0.29, 0.717) is 23.1 Å². The zero-order valence-corrected chi connectivity index (χ0v) is 24.6. The molecule has 0 radical (unpaired) electrons. The smallest absolute Gasteiger partial charge is 0.217 e. The first-order valence-electron chi connectivity index (χ1n) is 12.4. The molecule has 4 aromatic rings. The summed E-state index contributed by atoms with van der Waals surface area (Å²) in [5.41, 5.74) is 3.74. The molecule has 0 bridgehead atoms. The molecule has 1 N–H and O–H groups in total. The van der Waals surface area contributed by atoms with Gasteiger partial charge in [-0.25, -0.2) is 4.98 Å². The summed E-state index contributed by atoms with van der Waals surface area (Å²) in [5, 5.41) is 12.0. The van der Waals surface area contributed by atoms with Crippen molar-refractivity contribution in [2.24, 2.45) is 10.9 Å². The Morgan fingerprint density at radius 2 is 1.62 bits per heavy atom. The fraction of sp³-hybridized carbons (Fsp3) is 0.290. The van der Waals surface area contributed by atoms with Crippen molar-refractivity contribution in [1.29, 1.82) is 0 Å². The number of ether oxygens (including phenoxy) is 1. The van der Waals surface area contributed by atoms with Gasteiger partial charge in [-0.2, -0.15) is 0 Å². The molecule has 0 amide bonds. The van der Waals surface area contributed by atoms with Crippen LogP contribution in [-0.2, 0) is 32.0 Å². The number of pyridine rings is 1. The number of rotatable bonds is 4. The van der Waals surface area contributed by atoms with Crippen LogP contribution in [0.3, 0.4) is 0 Å². The van der Waals surface area contributed by atoms with E-state index in [1.165, 1.54) is 11.1 Å². The summed E-state index contributed by atoms with van der Waals surface area (Å²) in [4.78, 5) is 9.93. The topological polar surface area (TPSA) is 54.7 Å². The average molecular weight is 689 g/mol. The molecule has 0 saturated carbocycles. The predicted molar refractivity (Wildman–Crippen MR) is 147 cm³/mol. The molecular formula is C31H29N2O2PtS-. The SMILES string of the molecule is CC(C)[C@]12SC(c3[c-]c(Oc4ccc5cccc(O)c5n4)ccc3)=N[C@@]1(C)c1ccccc1C2(C)C.[Pt]. The van der Waals surface area contributed by atoms with Crippen LogP contribution in [0.1, 0.15) is 51.3 Å². The van der Waals surface area contributed by atoms with E-state index in [1.807, 2.05) is 42.1 Å². The van der Waals surface area contributed by atoms with Crippen LogP contribution in [0.25, 0.3) is 10.9 Å². The van der Waals surface area contributed by atoms with E-state index in [9.17, 15) is 5.11 Å². The van der Waals surface area contributed by atoms with Crippen molar-refractivity contribution in [1.82, 2.24) is 4.98 Å². The van der Waals surface area contributed by atoms with E-state index in [-0.39, 0.29) is 42.5 Å². The van der Waals surface area contributed by atoms with Crippen molar-refractivity contribution in [2.45, 2.75) is 50.3 Å². The molecule has 1 aliphatic heterocycles. The molecule has 2 atom stereocenters. The third kappa shape index (κ3) is 3.61. The summed E-state index contributed by atoms with van der Waals surface area (Å²) in [6.45, 7) is 11.7. The van der Waals surface area contributed by atoms with E-state index < -0.39 is 0 Å². The number of hydrogen-bond acceptors (Lipinski definition) is 5. The molecule has 4 nitrogen and oxygen atoms in total. The van der Waals surface area contributed by atoms with Crippen molar-refractivity contribution in [3.63, 3.8) is 0 Å². The van der Waals surface area contributed by atoms with Gasteiger partial charge in [-0.1, -0.05) is 70.2 Å². The number of aromatic hydroxyl groups is 1. The third-order valence-corrected chi connectivity index (χ3v) is 10.3. The Labute approximate surface area is 236 Å². The van der Waals surface area contributed by atoms with Crippen molar-refractivity contribution < 1.29 is 30.9 Å². The van der Waals surface area contributed by atoms with Gasteiger partial charge in [-0.3, -0.25) is 0 Å². The number of fused-ring (bicyclic) bond motifs is 4. The number of hydrogen-bond donors (Lipinski definition) is 1. The molecule has 0 fully saturated rings. The second-order valence-corrected chi connectivity index (χ2v) is 11.9. The minimum Gasteiger partial charge on any atom is -0.506 e. The van der Waals surface area contributed by atoms with Crippen LogP contribution in [0.4, 0.5) is 0 Å². The molecule has 0 spiro atoms. The number of nitrogens with zero attached hydrogens (tertiary/aromatic N) is 2. The Balaban J connectivity index is 0.00000280. The van der Waals surface area contributed by atoms with Gasteiger partial charge >= 0.3 is 0 Å². The first-order valence-corrected chi connectivity index (χ1v) is 13.2. The van der Waals surface area contributed by atoms with Gasteiger partial charge in [0.2, 0.25) is 5.88 Å². The van der Waals surface area contributed by atoms with E-state index in [1.54, 1.807) is 12.1 Å². The molecule has 6 heteroatoms. The van der Waals surface area contributed by atoms with Crippen molar-refractivity contribution in [3.8, 4) is 17.4 Å². The number of benzene rings is 3. The van der Waals surface area contributed by atoms with Crippen LogP contribution in [0.5, 0.6) is 17.4 Å². The second-order valence-electron chi connectivity index (χ2n) is 10.7. The van der Waals surface area contributed by atoms with E-state index in [4.69, 9.17) is 9.73 Å². The molecule has 1 aromatic heterocycles. The number of thioether (sulfide) groups is 1. The largest absolute Gasteiger partial charge is 0.506 e. The fourth-order valence-electron chi connectivity index (χ4n) is 6.64. The standard InChI is InChI=1S/C31H29N2O2S.Pt/c1-19(2)31-29(3,4)23-13-6-7-14-24(23)30(31,5)33-28(36-31)21-11-8-12-22(18-21)35-26-17-16-20-10-9-15-25(34)27(20)32-26;/h6-17,19,34H,1-5H3;/q-1;/t30-,31+;/m0./s1. The van der Waals surface area contributed by atoms with Crippen molar-refractivity contribution in [3.05, 3.63) is 95.6 Å². The first-order chi connectivity index (χ1) is 17.2. The average Bonchev–Trinajstić information content (AvgIpc) is 3.27. The van der Waals surface area contributed by atoms with Crippen LogP contribution >= 0.6 is 11.8 Å². The Morgan fingerprint density at radius 3 is 2.38 bits per heavy atom. The number of aromatic nitrogens is 1. The minimum absolute atomic E-state index is 0. The molecule has 2 aliphatic rings. The van der Waals surface area contributed by atoms with Gasteiger partial charge in [0, 0.05) is 48.7 Å². The van der Waals surface area contributed by atoms with Gasteiger partial charge in [0.15, 0.2) is 0 Å². The molecule has 6 rings (SSSR count). The monoisotopic (exact) mass is 688 g/mol. The Morgan fingerprint density at radius 1 is 0.892 bits per heavy atom. The third-order valence-electron chi connectivity index (χ3n) is 8.06. The van der Waals surface area contributed by atoms with Crippen LogP contribution in [-0.4, -0.2) is 19.9 Å². The summed E-state index contributed by atoms with van der Waals surface area (Å²) in [5.74, 6) is 1.51. The van der Waals surface area contributed by atoms with Gasteiger partial charge < -0.3 is 14.8 Å². The predicted octanol–water partition coefficient (Wildman–Crippen LogP) is 7.63. The Hall–Kier alpha value is -2.62. The van der Waals surface area contributed by atoms with Crippen LogP contribution in [0.2, 0.25) is 0 Å². The van der Waals surface area contributed by atoms with Crippen LogP contribution < -0.4 is 4.74 Å². The van der Waals surface area contributed by atoms with E-state index in [0.717, 1.165) is 16.0 Å². The maximum atomic E-state index is 10.2. The maximum Gasteiger partial charge on any atom is 0.217 e. The van der Waals surface area contributed by atoms with Gasteiger partial charge in [-0.15, -0.1) is 35.5 Å². The summed E-state index contributed by atoms with van der Waals surface area (Å²) in [6, 6.07) is 27.2. The molecular weight excluding hydrogens is 659 g/mol. The first kappa shape index (κ1) is 26.0. The molecule has 192 valence electrons. The molecule has 2 heterocycles.